The molecule has 0 N–H and O–H groups in total. The Morgan fingerprint density at radius 3 is 2.70 bits per heavy atom. The molecule has 0 unspecified atom stereocenters. The lowest BCUT2D eigenvalue weighted by atomic mass is 10.1. The third kappa shape index (κ3) is 2.70. The summed E-state index contributed by atoms with van der Waals surface area (Å²) in [6.45, 7) is 0. The van der Waals surface area contributed by atoms with Crippen molar-refractivity contribution in [1.82, 2.24) is 4.98 Å². The molecule has 2 aromatic carbocycles. The van der Waals surface area contributed by atoms with Crippen LogP contribution in [0.15, 0.2) is 60.7 Å². The molecule has 0 radical (unpaired) electrons. The van der Waals surface area contributed by atoms with Crippen LogP contribution in [0, 0.1) is 5.82 Å². The number of hydrogen-bond acceptors (Lipinski definition) is 1. The highest BCUT2D eigenvalue weighted by Gasteiger charge is 2.02. The van der Waals surface area contributed by atoms with E-state index in [1.165, 1.54) is 12.1 Å². The maximum atomic E-state index is 13.1. The molecule has 3 aromatic rings. The van der Waals surface area contributed by atoms with Gasteiger partial charge in [-0.3, -0.25) is 0 Å². The topological polar surface area (TPSA) is 12.9 Å². The van der Waals surface area contributed by atoms with Crippen LogP contribution in [-0.2, 0) is 0 Å². The average molecular weight is 284 g/mol. The van der Waals surface area contributed by atoms with Crippen molar-refractivity contribution in [2.75, 3.05) is 0 Å². The van der Waals surface area contributed by atoms with Crippen LogP contribution in [-0.4, -0.2) is 4.98 Å². The fraction of sp³-hybridized carbons (Fsp3) is 0. The number of para-hydroxylation sites is 1. The number of rotatable bonds is 2. The number of benzene rings is 2. The molecule has 98 valence electrons. The Kier molecular flexibility index (Phi) is 3.48. The second-order valence-corrected chi connectivity index (χ2v) is 4.84. The molecule has 0 saturated heterocycles. The second kappa shape index (κ2) is 5.43. The van der Waals surface area contributed by atoms with Crippen molar-refractivity contribution in [3.8, 4) is 0 Å². The summed E-state index contributed by atoms with van der Waals surface area (Å²) in [6.07, 6.45) is 1.71. The molecule has 0 aliphatic carbocycles. The van der Waals surface area contributed by atoms with Crippen molar-refractivity contribution in [2.24, 2.45) is 0 Å². The van der Waals surface area contributed by atoms with Crippen molar-refractivity contribution in [3.05, 3.63) is 77.7 Å². The maximum Gasteiger partial charge on any atom is 0.123 e. The largest absolute Gasteiger partial charge is 0.247 e. The summed E-state index contributed by atoms with van der Waals surface area (Å²) in [5.41, 5.74) is 2.27. The van der Waals surface area contributed by atoms with Crippen LogP contribution in [0.4, 0.5) is 4.39 Å². The van der Waals surface area contributed by atoms with E-state index in [2.05, 4.69) is 4.98 Å². The van der Waals surface area contributed by atoms with E-state index >= 15 is 0 Å². The van der Waals surface area contributed by atoms with Crippen LogP contribution in [0.2, 0.25) is 0 Å². The van der Waals surface area contributed by atoms with Crippen molar-refractivity contribution < 1.29 is 4.39 Å². The van der Waals surface area contributed by atoms with E-state index in [1.54, 1.807) is 18.2 Å². The summed E-state index contributed by atoms with van der Waals surface area (Å²) in [6, 6.07) is 18.0. The van der Waals surface area contributed by atoms with Crippen LogP contribution in [0.1, 0.15) is 11.3 Å². The molecule has 20 heavy (non-hydrogen) atoms. The van der Waals surface area contributed by atoms with Gasteiger partial charge in [0.25, 0.3) is 0 Å². The normalized spacial score (nSPS) is 11.8. The molecule has 0 amide bonds. The van der Waals surface area contributed by atoms with Crippen LogP contribution in [0.5, 0.6) is 0 Å². The standard InChI is InChI=1S/C17H11ClFN/c18-15(11-12-4-3-6-14(19)10-12)17-9-8-13-5-1-2-7-16(13)20-17/h1-11H/b15-11-. The smallest absolute Gasteiger partial charge is 0.123 e. The third-order valence-corrected chi connectivity index (χ3v) is 3.29. The molecular weight excluding hydrogens is 273 g/mol. The van der Waals surface area contributed by atoms with Gasteiger partial charge in [0.05, 0.1) is 16.2 Å². The SMILES string of the molecule is Fc1cccc(/C=C(\Cl)c2ccc3ccccc3n2)c1. The summed E-state index contributed by atoms with van der Waals surface area (Å²) < 4.78 is 13.1. The van der Waals surface area contributed by atoms with Gasteiger partial charge in [0.15, 0.2) is 0 Å². The van der Waals surface area contributed by atoms with E-state index in [0.717, 1.165) is 10.9 Å². The van der Waals surface area contributed by atoms with Gasteiger partial charge >= 0.3 is 0 Å². The summed E-state index contributed by atoms with van der Waals surface area (Å²) in [5, 5.41) is 1.55. The van der Waals surface area contributed by atoms with E-state index in [0.29, 0.717) is 16.3 Å². The molecule has 0 fully saturated rings. The maximum absolute atomic E-state index is 13.1. The average Bonchev–Trinajstić information content (AvgIpc) is 2.47. The van der Waals surface area contributed by atoms with Crippen molar-refractivity contribution >= 4 is 33.6 Å². The predicted octanol–water partition coefficient (Wildman–Crippen LogP) is 5.11. The van der Waals surface area contributed by atoms with Gasteiger partial charge in [-0.15, -0.1) is 0 Å². The van der Waals surface area contributed by atoms with E-state index in [-0.39, 0.29) is 5.82 Å². The Bertz CT molecular complexity index is 796. The Hall–Kier alpha value is -2.19. The zero-order valence-corrected chi connectivity index (χ0v) is 11.3. The van der Waals surface area contributed by atoms with Gasteiger partial charge in [-0.05, 0) is 35.9 Å². The quantitative estimate of drug-likeness (QED) is 0.637. The van der Waals surface area contributed by atoms with Crippen LogP contribution < -0.4 is 0 Å². The lowest BCUT2D eigenvalue weighted by Crippen LogP contribution is -1.86. The summed E-state index contributed by atoms with van der Waals surface area (Å²) in [7, 11) is 0. The van der Waals surface area contributed by atoms with Crippen molar-refractivity contribution in [3.63, 3.8) is 0 Å². The first-order valence-corrected chi connectivity index (χ1v) is 6.59. The number of fused-ring (bicyclic) bond motifs is 1. The van der Waals surface area contributed by atoms with E-state index in [1.807, 2.05) is 36.4 Å². The first-order valence-electron chi connectivity index (χ1n) is 6.21. The third-order valence-electron chi connectivity index (χ3n) is 2.99. The number of hydrogen-bond donors (Lipinski definition) is 0. The molecule has 0 aliphatic rings. The Balaban J connectivity index is 2.01. The molecule has 1 nitrogen and oxygen atoms in total. The molecular formula is C17H11ClFN. The Labute approximate surface area is 121 Å². The fourth-order valence-electron chi connectivity index (χ4n) is 2.02. The van der Waals surface area contributed by atoms with Gasteiger partial charge in [0, 0.05) is 5.39 Å². The number of pyridine rings is 1. The van der Waals surface area contributed by atoms with Crippen molar-refractivity contribution in [1.29, 1.82) is 0 Å². The molecule has 3 heteroatoms. The van der Waals surface area contributed by atoms with Gasteiger partial charge in [-0.1, -0.05) is 48.0 Å². The first kappa shape index (κ1) is 12.8. The zero-order valence-electron chi connectivity index (χ0n) is 10.6. The van der Waals surface area contributed by atoms with Gasteiger partial charge in [0.1, 0.15) is 5.82 Å². The minimum absolute atomic E-state index is 0.283. The molecule has 0 atom stereocenters. The van der Waals surface area contributed by atoms with Crippen molar-refractivity contribution in [2.45, 2.75) is 0 Å². The fourth-order valence-corrected chi connectivity index (χ4v) is 2.25. The monoisotopic (exact) mass is 283 g/mol. The highest BCUT2D eigenvalue weighted by molar-refractivity contribution is 6.51. The highest BCUT2D eigenvalue weighted by Crippen LogP contribution is 2.23. The number of halogens is 2. The lowest BCUT2D eigenvalue weighted by molar-refractivity contribution is 0.627. The molecule has 1 aromatic heterocycles. The van der Waals surface area contributed by atoms with E-state index in [9.17, 15) is 4.39 Å². The summed E-state index contributed by atoms with van der Waals surface area (Å²) in [5.74, 6) is -0.283. The summed E-state index contributed by atoms with van der Waals surface area (Å²) >= 11 is 6.27. The molecule has 1 heterocycles. The Morgan fingerprint density at radius 1 is 1.00 bits per heavy atom. The minimum Gasteiger partial charge on any atom is -0.247 e. The zero-order chi connectivity index (χ0) is 13.9. The van der Waals surface area contributed by atoms with Gasteiger partial charge in [-0.25, -0.2) is 9.37 Å². The van der Waals surface area contributed by atoms with Crippen LogP contribution in [0.25, 0.3) is 22.0 Å². The molecule has 0 saturated carbocycles. The number of aromatic nitrogens is 1. The van der Waals surface area contributed by atoms with E-state index < -0.39 is 0 Å². The predicted molar refractivity (Wildman–Crippen MR) is 81.9 cm³/mol. The molecule has 0 aliphatic heterocycles. The summed E-state index contributed by atoms with van der Waals surface area (Å²) in [4.78, 5) is 4.50. The van der Waals surface area contributed by atoms with Gasteiger partial charge < -0.3 is 0 Å². The molecule has 0 bridgehead atoms. The van der Waals surface area contributed by atoms with Crippen LogP contribution >= 0.6 is 11.6 Å². The van der Waals surface area contributed by atoms with Gasteiger partial charge in [-0.2, -0.15) is 0 Å². The van der Waals surface area contributed by atoms with Crippen LogP contribution in [0.3, 0.4) is 0 Å². The lowest BCUT2D eigenvalue weighted by Gasteiger charge is -2.02. The minimum atomic E-state index is -0.283. The van der Waals surface area contributed by atoms with E-state index in [4.69, 9.17) is 11.6 Å². The van der Waals surface area contributed by atoms with Gasteiger partial charge in [0.2, 0.25) is 0 Å². The number of nitrogens with zero attached hydrogens (tertiary/aromatic N) is 1. The molecule has 0 spiro atoms. The second-order valence-electron chi connectivity index (χ2n) is 4.44. The first-order chi connectivity index (χ1) is 9.72. The Morgan fingerprint density at radius 2 is 1.85 bits per heavy atom. The molecule has 3 rings (SSSR count). The highest BCUT2D eigenvalue weighted by atomic mass is 35.5.